The van der Waals surface area contributed by atoms with Gasteiger partial charge in [-0.2, -0.15) is 0 Å². The third-order valence-corrected chi connectivity index (χ3v) is 3.68. The van der Waals surface area contributed by atoms with Crippen molar-refractivity contribution in [3.05, 3.63) is 63.9 Å². The van der Waals surface area contributed by atoms with E-state index in [4.69, 9.17) is 4.74 Å². The minimum absolute atomic E-state index is 0.0746. The number of Topliss-reactive ketones (excluding diaryl/α,β-unsaturated/α-hetero) is 1. The van der Waals surface area contributed by atoms with Gasteiger partial charge in [-0.1, -0.05) is 34.1 Å². The van der Waals surface area contributed by atoms with E-state index < -0.39 is 0 Å². The van der Waals surface area contributed by atoms with Crippen LogP contribution < -0.4 is 4.74 Å². The molecule has 0 unspecified atom stereocenters. The van der Waals surface area contributed by atoms with E-state index in [0.29, 0.717) is 10.9 Å². The van der Waals surface area contributed by atoms with Crippen LogP contribution in [0.4, 0.5) is 4.39 Å². The second-order valence-electron chi connectivity index (χ2n) is 4.48. The Labute approximate surface area is 125 Å². The van der Waals surface area contributed by atoms with E-state index in [1.54, 1.807) is 13.2 Å². The molecule has 0 aliphatic rings. The molecule has 0 atom stereocenters. The van der Waals surface area contributed by atoms with Crippen LogP contribution in [0.15, 0.2) is 46.9 Å². The van der Waals surface area contributed by atoms with Gasteiger partial charge in [0.1, 0.15) is 17.3 Å². The first-order valence-electron chi connectivity index (χ1n) is 6.17. The first-order valence-corrected chi connectivity index (χ1v) is 6.96. The maximum Gasteiger partial charge on any atom is 0.141 e. The Balaban J connectivity index is 2.05. The minimum atomic E-state index is -0.319. The zero-order valence-electron chi connectivity index (χ0n) is 11.0. The molecule has 0 saturated carbocycles. The molecule has 2 aromatic carbocycles. The molecule has 0 heterocycles. The fraction of sp³-hybridized carbons (Fsp3) is 0.188. The molecule has 0 aliphatic carbocycles. The van der Waals surface area contributed by atoms with Crippen molar-refractivity contribution in [2.75, 3.05) is 7.11 Å². The van der Waals surface area contributed by atoms with Gasteiger partial charge in [0.2, 0.25) is 0 Å². The summed E-state index contributed by atoms with van der Waals surface area (Å²) in [5.74, 6) is 0.490. The van der Waals surface area contributed by atoms with E-state index >= 15 is 0 Å². The van der Waals surface area contributed by atoms with Crippen molar-refractivity contribution < 1.29 is 13.9 Å². The average molecular weight is 337 g/mol. The maximum absolute atomic E-state index is 13.0. The molecule has 0 aliphatic heterocycles. The summed E-state index contributed by atoms with van der Waals surface area (Å²) in [5.41, 5.74) is 1.70. The number of methoxy groups -OCH3 is 1. The summed E-state index contributed by atoms with van der Waals surface area (Å²) in [6.07, 6.45) is 0.610. The molecule has 0 amide bonds. The quantitative estimate of drug-likeness (QED) is 0.826. The topological polar surface area (TPSA) is 26.3 Å². The SMILES string of the molecule is COc1cccc(CC(=O)Cc2ccc(F)cc2Br)c1. The lowest BCUT2D eigenvalue weighted by molar-refractivity contribution is -0.117. The number of hydrogen-bond donors (Lipinski definition) is 0. The molecule has 2 aromatic rings. The lowest BCUT2D eigenvalue weighted by Gasteiger charge is -2.06. The van der Waals surface area contributed by atoms with Gasteiger partial charge >= 0.3 is 0 Å². The summed E-state index contributed by atoms with van der Waals surface area (Å²) in [6.45, 7) is 0. The summed E-state index contributed by atoms with van der Waals surface area (Å²) < 4.78 is 18.7. The van der Waals surface area contributed by atoms with Crippen LogP contribution >= 0.6 is 15.9 Å². The number of halogens is 2. The highest BCUT2D eigenvalue weighted by Gasteiger charge is 2.09. The highest BCUT2D eigenvalue weighted by molar-refractivity contribution is 9.10. The lowest BCUT2D eigenvalue weighted by atomic mass is 10.0. The predicted molar refractivity (Wildman–Crippen MR) is 79.5 cm³/mol. The molecule has 0 N–H and O–H groups in total. The minimum Gasteiger partial charge on any atom is -0.497 e. The molecule has 0 bridgehead atoms. The number of benzene rings is 2. The Hall–Kier alpha value is -1.68. The molecule has 0 saturated heterocycles. The number of ketones is 1. The van der Waals surface area contributed by atoms with Crippen LogP contribution in [0.3, 0.4) is 0 Å². The molecule has 0 aromatic heterocycles. The first kappa shape index (κ1) is 14.7. The van der Waals surface area contributed by atoms with Crippen molar-refractivity contribution in [1.29, 1.82) is 0 Å². The predicted octanol–water partition coefficient (Wildman–Crippen LogP) is 3.95. The maximum atomic E-state index is 13.0. The molecule has 0 radical (unpaired) electrons. The van der Waals surface area contributed by atoms with E-state index in [1.807, 2.05) is 24.3 Å². The number of ether oxygens (including phenoxy) is 1. The van der Waals surface area contributed by atoms with Gasteiger partial charge in [0.25, 0.3) is 0 Å². The third kappa shape index (κ3) is 3.90. The summed E-state index contributed by atoms with van der Waals surface area (Å²) in [5, 5.41) is 0. The third-order valence-electron chi connectivity index (χ3n) is 2.94. The molecule has 0 spiro atoms. The molecule has 2 rings (SSSR count). The zero-order chi connectivity index (χ0) is 14.5. The van der Waals surface area contributed by atoms with Crippen molar-refractivity contribution >= 4 is 21.7 Å². The fourth-order valence-electron chi connectivity index (χ4n) is 1.95. The summed E-state index contributed by atoms with van der Waals surface area (Å²) in [6, 6.07) is 11.8. The average Bonchev–Trinajstić information content (AvgIpc) is 2.42. The van der Waals surface area contributed by atoms with Gasteiger partial charge in [-0.15, -0.1) is 0 Å². The Morgan fingerprint density at radius 1 is 1.20 bits per heavy atom. The number of hydrogen-bond acceptors (Lipinski definition) is 2. The van der Waals surface area contributed by atoms with Crippen molar-refractivity contribution in [3.63, 3.8) is 0 Å². The monoisotopic (exact) mass is 336 g/mol. The number of carbonyl (C=O) groups excluding carboxylic acids is 1. The van der Waals surface area contributed by atoms with Gasteiger partial charge in [0.15, 0.2) is 0 Å². The fourth-order valence-corrected chi connectivity index (χ4v) is 2.44. The number of rotatable bonds is 5. The summed E-state index contributed by atoms with van der Waals surface area (Å²) >= 11 is 3.27. The van der Waals surface area contributed by atoms with Gasteiger partial charge in [-0.25, -0.2) is 4.39 Å². The molecular weight excluding hydrogens is 323 g/mol. The van der Waals surface area contributed by atoms with E-state index in [9.17, 15) is 9.18 Å². The van der Waals surface area contributed by atoms with Gasteiger partial charge in [-0.05, 0) is 35.4 Å². The number of carbonyl (C=O) groups is 1. The van der Waals surface area contributed by atoms with E-state index in [0.717, 1.165) is 16.9 Å². The van der Waals surface area contributed by atoms with Gasteiger partial charge in [0, 0.05) is 17.3 Å². The van der Waals surface area contributed by atoms with Gasteiger partial charge < -0.3 is 4.74 Å². The van der Waals surface area contributed by atoms with Crippen LogP contribution in [-0.4, -0.2) is 12.9 Å². The van der Waals surface area contributed by atoms with Crippen LogP contribution in [0.2, 0.25) is 0 Å². The van der Waals surface area contributed by atoms with Crippen LogP contribution in [0.5, 0.6) is 5.75 Å². The second kappa shape index (κ2) is 6.66. The van der Waals surface area contributed by atoms with Crippen molar-refractivity contribution in [2.24, 2.45) is 0 Å². The zero-order valence-corrected chi connectivity index (χ0v) is 12.6. The second-order valence-corrected chi connectivity index (χ2v) is 5.33. The summed E-state index contributed by atoms with van der Waals surface area (Å²) in [4.78, 5) is 12.1. The molecular formula is C16H14BrFO2. The van der Waals surface area contributed by atoms with Crippen molar-refractivity contribution in [2.45, 2.75) is 12.8 Å². The van der Waals surface area contributed by atoms with Crippen molar-refractivity contribution in [1.82, 2.24) is 0 Å². The van der Waals surface area contributed by atoms with Gasteiger partial charge in [0.05, 0.1) is 7.11 Å². The smallest absolute Gasteiger partial charge is 0.141 e. The largest absolute Gasteiger partial charge is 0.497 e. The van der Waals surface area contributed by atoms with E-state index in [1.165, 1.54) is 12.1 Å². The highest BCUT2D eigenvalue weighted by Crippen LogP contribution is 2.20. The highest BCUT2D eigenvalue weighted by atomic mass is 79.9. The molecule has 0 fully saturated rings. The van der Waals surface area contributed by atoms with E-state index in [-0.39, 0.29) is 18.0 Å². The molecule has 104 valence electrons. The molecule has 20 heavy (non-hydrogen) atoms. The summed E-state index contributed by atoms with van der Waals surface area (Å²) in [7, 11) is 1.59. The standard InChI is InChI=1S/C16H14BrFO2/c1-20-15-4-2-3-11(8-15)7-14(19)9-12-5-6-13(18)10-16(12)17/h2-6,8,10H,7,9H2,1H3. The Morgan fingerprint density at radius 2 is 2.00 bits per heavy atom. The van der Waals surface area contributed by atoms with E-state index in [2.05, 4.69) is 15.9 Å². The normalized spacial score (nSPS) is 10.3. The van der Waals surface area contributed by atoms with Crippen molar-refractivity contribution in [3.8, 4) is 5.75 Å². The first-order chi connectivity index (χ1) is 9.58. The van der Waals surface area contributed by atoms with Gasteiger partial charge in [-0.3, -0.25) is 4.79 Å². The van der Waals surface area contributed by atoms with Crippen LogP contribution in [0.1, 0.15) is 11.1 Å². The molecule has 2 nitrogen and oxygen atoms in total. The Bertz CT molecular complexity index is 626. The van der Waals surface area contributed by atoms with Crippen LogP contribution in [0.25, 0.3) is 0 Å². The Morgan fingerprint density at radius 3 is 2.70 bits per heavy atom. The molecule has 4 heteroatoms. The Kier molecular flexibility index (Phi) is 4.90. The van der Waals surface area contributed by atoms with Crippen LogP contribution in [-0.2, 0) is 17.6 Å². The van der Waals surface area contributed by atoms with Crippen LogP contribution in [0, 0.1) is 5.82 Å². The lowest BCUT2D eigenvalue weighted by Crippen LogP contribution is -2.07.